The first-order valence-electron chi connectivity index (χ1n) is 7.05. The number of hydrogen-bond donors (Lipinski definition) is 0. The molecule has 24 heavy (non-hydrogen) atoms. The van der Waals surface area contributed by atoms with Crippen LogP contribution >= 0.6 is 15.9 Å². The lowest BCUT2D eigenvalue weighted by atomic mass is 10.1. The van der Waals surface area contributed by atoms with Crippen molar-refractivity contribution in [1.82, 2.24) is 0 Å². The minimum absolute atomic E-state index is 0.0293. The van der Waals surface area contributed by atoms with E-state index in [9.17, 15) is 10.1 Å². The fourth-order valence-corrected chi connectivity index (χ4v) is 2.51. The summed E-state index contributed by atoms with van der Waals surface area (Å²) < 4.78 is 11.6. The van der Waals surface area contributed by atoms with Gasteiger partial charge in [-0.15, -0.1) is 0 Å². The Labute approximate surface area is 146 Å². The number of nitro groups is 1. The molecule has 0 fully saturated rings. The molecular formula is C16H13BrN2O5. The predicted molar refractivity (Wildman–Crippen MR) is 89.9 cm³/mol. The zero-order valence-electron chi connectivity index (χ0n) is 12.5. The highest BCUT2D eigenvalue weighted by molar-refractivity contribution is 9.10. The van der Waals surface area contributed by atoms with Crippen LogP contribution in [-0.4, -0.2) is 17.9 Å². The number of rotatable bonds is 5. The van der Waals surface area contributed by atoms with E-state index >= 15 is 0 Å². The Morgan fingerprint density at radius 1 is 1.33 bits per heavy atom. The maximum atomic E-state index is 11.0. The van der Waals surface area contributed by atoms with E-state index in [1.807, 2.05) is 24.3 Å². The van der Waals surface area contributed by atoms with E-state index in [-0.39, 0.29) is 25.7 Å². The second-order valence-electron chi connectivity index (χ2n) is 5.02. The summed E-state index contributed by atoms with van der Waals surface area (Å²) in [7, 11) is 0. The molecule has 0 saturated heterocycles. The Kier molecular flexibility index (Phi) is 5.07. The van der Waals surface area contributed by atoms with Gasteiger partial charge in [-0.2, -0.15) is 0 Å². The van der Waals surface area contributed by atoms with E-state index in [1.165, 1.54) is 12.1 Å². The Morgan fingerprint density at radius 2 is 2.12 bits per heavy atom. The van der Waals surface area contributed by atoms with Gasteiger partial charge in [0.2, 0.25) is 0 Å². The fraction of sp³-hybridized carbons (Fsp3) is 0.188. The third kappa shape index (κ3) is 3.90. The summed E-state index contributed by atoms with van der Waals surface area (Å²) in [5.74, 6) is 0.561. The van der Waals surface area contributed by atoms with Gasteiger partial charge in [0.25, 0.3) is 5.69 Å². The molecule has 0 amide bonds. The van der Waals surface area contributed by atoms with E-state index in [2.05, 4.69) is 21.1 Å². The zero-order chi connectivity index (χ0) is 16.9. The molecule has 0 saturated carbocycles. The number of non-ortho nitro benzene ring substituents is 1. The van der Waals surface area contributed by atoms with Gasteiger partial charge < -0.3 is 14.3 Å². The molecule has 0 radical (unpaired) electrons. The molecule has 3 rings (SSSR count). The van der Waals surface area contributed by atoms with E-state index in [0.717, 1.165) is 10.0 Å². The highest BCUT2D eigenvalue weighted by Crippen LogP contribution is 2.33. The van der Waals surface area contributed by atoms with Gasteiger partial charge >= 0.3 is 0 Å². The van der Waals surface area contributed by atoms with Gasteiger partial charge in [0.15, 0.2) is 6.79 Å². The van der Waals surface area contributed by atoms with Crippen LogP contribution in [0.2, 0.25) is 0 Å². The highest BCUT2D eigenvalue weighted by atomic mass is 79.9. The molecule has 0 bridgehead atoms. The van der Waals surface area contributed by atoms with Gasteiger partial charge in [0, 0.05) is 27.7 Å². The Morgan fingerprint density at radius 3 is 2.88 bits per heavy atom. The van der Waals surface area contributed by atoms with Crippen LogP contribution in [0.1, 0.15) is 16.7 Å². The van der Waals surface area contributed by atoms with Crippen LogP contribution in [0.25, 0.3) is 0 Å². The van der Waals surface area contributed by atoms with Crippen molar-refractivity contribution in [3.05, 3.63) is 67.7 Å². The second-order valence-corrected chi connectivity index (χ2v) is 5.94. The lowest BCUT2D eigenvalue weighted by Gasteiger charge is -2.19. The standard InChI is InChI=1S/C16H13BrN2O5/c17-14-3-1-11(2-4-14)7-18-24-9-13-6-15(19(20)21)5-12-8-22-10-23-16(12)13/h1-7H,8-10H2/b18-7-. The molecule has 124 valence electrons. The minimum atomic E-state index is -0.455. The maximum Gasteiger partial charge on any atom is 0.270 e. The molecule has 0 aromatic heterocycles. The first-order chi connectivity index (χ1) is 11.6. The van der Waals surface area contributed by atoms with Crippen molar-refractivity contribution in [1.29, 1.82) is 0 Å². The van der Waals surface area contributed by atoms with E-state index < -0.39 is 4.92 Å². The molecular weight excluding hydrogens is 380 g/mol. The largest absolute Gasteiger partial charge is 0.467 e. The lowest BCUT2D eigenvalue weighted by molar-refractivity contribution is -0.385. The Bertz CT molecular complexity index is 777. The number of hydrogen-bond acceptors (Lipinski definition) is 6. The average Bonchev–Trinajstić information content (AvgIpc) is 2.59. The molecule has 8 heteroatoms. The molecule has 1 aliphatic heterocycles. The number of ether oxygens (including phenoxy) is 2. The molecule has 0 spiro atoms. The number of benzene rings is 2. The average molecular weight is 393 g/mol. The molecule has 7 nitrogen and oxygen atoms in total. The van der Waals surface area contributed by atoms with Crippen molar-refractivity contribution in [2.75, 3.05) is 6.79 Å². The van der Waals surface area contributed by atoms with Crippen molar-refractivity contribution in [2.45, 2.75) is 13.2 Å². The van der Waals surface area contributed by atoms with Crippen LogP contribution in [0.3, 0.4) is 0 Å². The van der Waals surface area contributed by atoms with Crippen molar-refractivity contribution in [2.24, 2.45) is 5.16 Å². The normalized spacial score (nSPS) is 13.4. The van der Waals surface area contributed by atoms with Gasteiger partial charge in [0.1, 0.15) is 12.4 Å². The molecule has 0 unspecified atom stereocenters. The van der Waals surface area contributed by atoms with Crippen molar-refractivity contribution < 1.29 is 19.2 Å². The van der Waals surface area contributed by atoms with E-state index in [1.54, 1.807) is 6.21 Å². The zero-order valence-corrected chi connectivity index (χ0v) is 14.1. The van der Waals surface area contributed by atoms with Crippen molar-refractivity contribution in [3.8, 4) is 5.75 Å². The minimum Gasteiger partial charge on any atom is -0.467 e. The molecule has 2 aromatic rings. The summed E-state index contributed by atoms with van der Waals surface area (Å²) in [5.41, 5.74) is 2.05. The number of nitrogens with zero attached hydrogens (tertiary/aromatic N) is 2. The molecule has 1 aliphatic rings. The van der Waals surface area contributed by atoms with Gasteiger partial charge in [0.05, 0.1) is 17.7 Å². The van der Waals surface area contributed by atoms with Crippen molar-refractivity contribution >= 4 is 27.8 Å². The van der Waals surface area contributed by atoms with Gasteiger partial charge in [-0.1, -0.05) is 33.2 Å². The van der Waals surface area contributed by atoms with Gasteiger partial charge in [-0.3, -0.25) is 10.1 Å². The van der Waals surface area contributed by atoms with Crippen LogP contribution in [-0.2, 0) is 22.8 Å². The third-order valence-corrected chi connectivity index (χ3v) is 3.88. The van der Waals surface area contributed by atoms with Crippen molar-refractivity contribution in [3.63, 3.8) is 0 Å². The summed E-state index contributed by atoms with van der Waals surface area (Å²) >= 11 is 3.36. The highest BCUT2D eigenvalue weighted by Gasteiger charge is 2.21. The molecule has 0 aliphatic carbocycles. The monoisotopic (exact) mass is 392 g/mol. The summed E-state index contributed by atoms with van der Waals surface area (Å²) in [4.78, 5) is 15.8. The lowest BCUT2D eigenvalue weighted by Crippen LogP contribution is -2.13. The summed E-state index contributed by atoms with van der Waals surface area (Å²) in [6.07, 6.45) is 1.57. The second kappa shape index (κ2) is 7.41. The smallest absolute Gasteiger partial charge is 0.270 e. The Balaban J connectivity index is 1.73. The van der Waals surface area contributed by atoms with Gasteiger partial charge in [-0.25, -0.2) is 0 Å². The molecule has 2 aromatic carbocycles. The van der Waals surface area contributed by atoms with Crippen LogP contribution in [0.4, 0.5) is 5.69 Å². The van der Waals surface area contributed by atoms with Crippen LogP contribution in [0.15, 0.2) is 46.0 Å². The number of oxime groups is 1. The van der Waals surface area contributed by atoms with Gasteiger partial charge in [-0.05, 0) is 17.7 Å². The quantitative estimate of drug-likeness (QED) is 0.439. The predicted octanol–water partition coefficient (Wildman–Crippen LogP) is 3.77. The SMILES string of the molecule is O=[N+]([O-])c1cc2c(c(CO/N=C\c3ccc(Br)cc3)c1)OCOC2. The summed E-state index contributed by atoms with van der Waals surface area (Å²) in [6.45, 7) is 0.448. The Hall–Kier alpha value is -2.45. The van der Waals surface area contributed by atoms with Crippen LogP contribution < -0.4 is 4.74 Å². The number of fused-ring (bicyclic) bond motifs is 1. The molecule has 1 heterocycles. The van der Waals surface area contributed by atoms with Crippen LogP contribution in [0, 0.1) is 10.1 Å². The topological polar surface area (TPSA) is 83.2 Å². The van der Waals surface area contributed by atoms with E-state index in [4.69, 9.17) is 14.3 Å². The molecule has 0 atom stereocenters. The number of halogens is 1. The first-order valence-corrected chi connectivity index (χ1v) is 7.84. The first kappa shape index (κ1) is 16.4. The summed E-state index contributed by atoms with van der Waals surface area (Å²) in [5, 5.41) is 14.9. The van der Waals surface area contributed by atoms with E-state index in [0.29, 0.717) is 16.9 Å². The van der Waals surface area contributed by atoms with Crippen LogP contribution in [0.5, 0.6) is 5.75 Å². The fourth-order valence-electron chi connectivity index (χ4n) is 2.25. The molecule has 0 N–H and O–H groups in total. The number of nitro benzene ring substituents is 1. The third-order valence-electron chi connectivity index (χ3n) is 3.35. The summed E-state index contributed by atoms with van der Waals surface area (Å²) in [6, 6.07) is 10.4. The maximum absolute atomic E-state index is 11.0.